The molecule has 0 N–H and O–H groups in total. The van der Waals surface area contributed by atoms with Gasteiger partial charge >= 0.3 is 15.6 Å². The largest absolute Gasteiger partial charge is 0.534 e. The molecule has 0 aliphatic carbocycles. The van der Waals surface area contributed by atoms with Crippen molar-refractivity contribution < 1.29 is 35.0 Å². The molecule has 0 spiro atoms. The lowest BCUT2D eigenvalue weighted by molar-refractivity contribution is -0.0500. The summed E-state index contributed by atoms with van der Waals surface area (Å²) < 4.78 is 80.9. The molecule has 0 unspecified atom stereocenters. The first-order valence-electron chi connectivity index (χ1n) is 9.66. The number of carbonyl (C=O) groups is 1. The summed E-state index contributed by atoms with van der Waals surface area (Å²) >= 11 is 12.3. The molecule has 15 heteroatoms. The highest BCUT2D eigenvalue weighted by atomic mass is 35.5. The molecule has 2 aromatic heterocycles. The van der Waals surface area contributed by atoms with E-state index in [9.17, 15) is 31.2 Å². The summed E-state index contributed by atoms with van der Waals surface area (Å²) in [5.41, 5.74) is -7.71. The molecule has 0 aliphatic rings. The van der Waals surface area contributed by atoms with E-state index in [2.05, 4.69) is 9.17 Å². The Morgan fingerprint density at radius 2 is 1.78 bits per heavy atom. The van der Waals surface area contributed by atoms with Crippen LogP contribution in [0.1, 0.15) is 16.1 Å². The van der Waals surface area contributed by atoms with E-state index in [1.165, 1.54) is 56.4 Å². The third-order valence-electron chi connectivity index (χ3n) is 4.78. The van der Waals surface area contributed by atoms with Crippen molar-refractivity contribution in [3.05, 3.63) is 74.0 Å². The lowest BCUT2D eigenvalue weighted by atomic mass is 10.0. The van der Waals surface area contributed by atoms with Crippen LogP contribution in [0.15, 0.2) is 41.3 Å². The second-order valence-electron chi connectivity index (χ2n) is 7.45. The average molecular weight is 568 g/mol. The smallest absolute Gasteiger partial charge is 0.374 e. The van der Waals surface area contributed by atoms with E-state index in [0.29, 0.717) is 0 Å². The first kappa shape index (κ1) is 27.4. The minimum absolute atomic E-state index is 0.0972. The Labute approximate surface area is 211 Å². The van der Waals surface area contributed by atoms with Crippen LogP contribution in [0.4, 0.5) is 17.6 Å². The zero-order valence-electron chi connectivity index (χ0n) is 18.5. The first-order chi connectivity index (χ1) is 16.6. The number of hydrogen-bond acceptors (Lipinski definition) is 6. The monoisotopic (exact) mass is 567 g/mol. The van der Waals surface area contributed by atoms with Crippen LogP contribution in [0.2, 0.25) is 10.0 Å². The van der Waals surface area contributed by atoms with Crippen molar-refractivity contribution in [2.45, 2.75) is 12.4 Å². The molecule has 2 heterocycles. The van der Waals surface area contributed by atoms with Gasteiger partial charge in [-0.2, -0.15) is 21.6 Å². The zero-order chi connectivity index (χ0) is 27.2. The summed E-state index contributed by atoms with van der Waals surface area (Å²) in [7, 11) is -3.22. The highest BCUT2D eigenvalue weighted by molar-refractivity contribution is 7.88. The molecule has 0 saturated carbocycles. The van der Waals surface area contributed by atoms with Crippen molar-refractivity contribution in [2.24, 2.45) is 0 Å². The predicted octanol–water partition coefficient (Wildman–Crippen LogP) is 4.58. The van der Waals surface area contributed by atoms with Gasteiger partial charge in [0.05, 0.1) is 22.0 Å². The number of nitrogens with zero attached hydrogens (tertiary/aromatic N) is 3. The molecule has 0 bridgehead atoms. The molecular weight excluding hydrogens is 553 g/mol. The highest BCUT2D eigenvalue weighted by Crippen LogP contribution is 2.35. The molecule has 1 amide bonds. The Morgan fingerprint density at radius 3 is 2.36 bits per heavy atom. The normalized spacial score (nSPS) is 11.9. The van der Waals surface area contributed by atoms with Gasteiger partial charge in [-0.3, -0.25) is 19.1 Å². The average Bonchev–Trinajstić information content (AvgIpc) is 2.77. The summed E-state index contributed by atoms with van der Waals surface area (Å²) in [5.74, 6) is -2.59. The minimum Gasteiger partial charge on any atom is -0.374 e. The molecule has 1 aromatic carbocycles. The standard InChI is InChI=1S/C21H15Cl2F4N3O5S/c1-10-9-14(35-36(33,34)21(25,26)27)16(23)20(32)30(10)13-7-8-28-18(15(13)22)11-5-4-6-12(17(11)24)19(31)29(2)3/h4-9H,1-3H3. The van der Waals surface area contributed by atoms with Crippen LogP contribution in [0, 0.1) is 12.7 Å². The molecule has 0 fully saturated rings. The van der Waals surface area contributed by atoms with Gasteiger partial charge in [0, 0.05) is 37.6 Å². The molecule has 0 radical (unpaired) electrons. The Morgan fingerprint density at radius 1 is 1.14 bits per heavy atom. The van der Waals surface area contributed by atoms with E-state index in [1.54, 1.807) is 0 Å². The Hall–Kier alpha value is -3.16. The molecular formula is C21H15Cl2F4N3O5S. The van der Waals surface area contributed by atoms with E-state index in [-0.39, 0.29) is 33.2 Å². The molecule has 0 atom stereocenters. The molecule has 192 valence electrons. The number of alkyl halides is 3. The Balaban J connectivity index is 2.19. The van der Waals surface area contributed by atoms with Crippen molar-refractivity contribution in [1.82, 2.24) is 14.5 Å². The summed E-state index contributed by atoms with van der Waals surface area (Å²) in [5, 5.41) is -1.24. The molecule has 3 aromatic rings. The van der Waals surface area contributed by atoms with E-state index < -0.39 is 43.7 Å². The summed E-state index contributed by atoms with van der Waals surface area (Å²) in [6.07, 6.45) is 1.18. The molecule has 36 heavy (non-hydrogen) atoms. The zero-order valence-corrected chi connectivity index (χ0v) is 20.9. The fourth-order valence-electron chi connectivity index (χ4n) is 3.12. The number of aromatic nitrogens is 2. The Kier molecular flexibility index (Phi) is 7.40. The number of amides is 1. The van der Waals surface area contributed by atoms with Gasteiger partial charge in [-0.25, -0.2) is 4.39 Å². The number of benzene rings is 1. The Bertz CT molecular complexity index is 1540. The van der Waals surface area contributed by atoms with Gasteiger partial charge in [-0.1, -0.05) is 29.3 Å². The molecule has 3 rings (SSSR count). The van der Waals surface area contributed by atoms with E-state index >= 15 is 4.39 Å². The van der Waals surface area contributed by atoms with Crippen LogP contribution in [0.3, 0.4) is 0 Å². The van der Waals surface area contributed by atoms with Gasteiger partial charge in [0.15, 0.2) is 5.75 Å². The van der Waals surface area contributed by atoms with Crippen molar-refractivity contribution in [3.63, 3.8) is 0 Å². The van der Waals surface area contributed by atoms with Crippen molar-refractivity contribution in [2.75, 3.05) is 14.1 Å². The maximum absolute atomic E-state index is 15.2. The van der Waals surface area contributed by atoms with Crippen LogP contribution < -0.4 is 9.74 Å². The molecule has 0 saturated heterocycles. The van der Waals surface area contributed by atoms with Crippen molar-refractivity contribution in [3.8, 4) is 22.7 Å². The van der Waals surface area contributed by atoms with Crippen molar-refractivity contribution in [1.29, 1.82) is 0 Å². The van der Waals surface area contributed by atoms with Crippen LogP contribution in [0.5, 0.6) is 5.75 Å². The second kappa shape index (κ2) is 9.71. The quantitative estimate of drug-likeness (QED) is 0.254. The topological polar surface area (TPSA) is 98.6 Å². The first-order valence-corrected chi connectivity index (χ1v) is 11.8. The summed E-state index contributed by atoms with van der Waals surface area (Å²) in [6.45, 7) is 1.25. The number of halogens is 6. The van der Waals surface area contributed by atoms with Crippen LogP contribution in [-0.4, -0.2) is 48.4 Å². The van der Waals surface area contributed by atoms with E-state index in [1.807, 2.05) is 0 Å². The minimum atomic E-state index is -6.10. The molecule has 0 aliphatic heterocycles. The van der Waals surface area contributed by atoms with Crippen molar-refractivity contribution >= 4 is 39.2 Å². The lowest BCUT2D eigenvalue weighted by Gasteiger charge is -2.17. The number of hydrogen-bond donors (Lipinski definition) is 0. The maximum Gasteiger partial charge on any atom is 0.534 e. The van der Waals surface area contributed by atoms with Gasteiger partial charge < -0.3 is 9.08 Å². The summed E-state index contributed by atoms with van der Waals surface area (Å²) in [6, 6.07) is 6.01. The van der Waals surface area contributed by atoms with Crippen LogP contribution in [0.25, 0.3) is 16.9 Å². The number of pyridine rings is 2. The van der Waals surface area contributed by atoms with Crippen LogP contribution in [-0.2, 0) is 10.1 Å². The number of aryl methyl sites for hydroxylation is 1. The second-order valence-corrected chi connectivity index (χ2v) is 9.74. The van der Waals surface area contributed by atoms with Gasteiger partial charge in [0.1, 0.15) is 10.8 Å². The van der Waals surface area contributed by atoms with Gasteiger partial charge in [-0.15, -0.1) is 0 Å². The van der Waals surface area contributed by atoms with E-state index in [4.69, 9.17) is 23.2 Å². The fraction of sp³-hybridized carbons (Fsp3) is 0.190. The molecule has 8 nitrogen and oxygen atoms in total. The SMILES string of the molecule is Cc1cc(OS(=O)(=O)C(F)(F)F)c(Cl)c(=O)n1-c1ccnc(-c2cccc(C(=O)N(C)C)c2F)c1Cl. The third kappa shape index (κ3) is 4.90. The van der Waals surface area contributed by atoms with E-state index in [0.717, 1.165) is 10.6 Å². The number of rotatable bonds is 5. The summed E-state index contributed by atoms with van der Waals surface area (Å²) in [4.78, 5) is 30.4. The van der Waals surface area contributed by atoms with Gasteiger partial charge in [0.2, 0.25) is 0 Å². The number of carbonyl (C=O) groups excluding carboxylic acids is 1. The maximum atomic E-state index is 15.2. The third-order valence-corrected chi connectivity index (χ3v) is 6.47. The highest BCUT2D eigenvalue weighted by Gasteiger charge is 2.49. The van der Waals surface area contributed by atoms with Gasteiger partial charge in [0.25, 0.3) is 11.5 Å². The fourth-order valence-corrected chi connectivity index (χ4v) is 4.11. The predicted molar refractivity (Wildman–Crippen MR) is 124 cm³/mol. The van der Waals surface area contributed by atoms with Gasteiger partial charge in [-0.05, 0) is 25.1 Å². The van der Waals surface area contributed by atoms with Crippen LogP contribution >= 0.6 is 23.2 Å². The lowest BCUT2D eigenvalue weighted by Crippen LogP contribution is -2.29.